The van der Waals surface area contributed by atoms with Crippen molar-refractivity contribution in [2.45, 2.75) is 24.9 Å². The van der Waals surface area contributed by atoms with Gasteiger partial charge in [-0.1, -0.05) is 54.1 Å². The van der Waals surface area contributed by atoms with E-state index in [9.17, 15) is 4.79 Å². The van der Waals surface area contributed by atoms with Crippen LogP contribution < -0.4 is 9.47 Å². The van der Waals surface area contributed by atoms with Gasteiger partial charge in [0.05, 0.1) is 13.0 Å². The molecule has 1 spiro atoms. The first-order valence-corrected chi connectivity index (χ1v) is 11.7. The molecule has 0 bridgehead atoms. The van der Waals surface area contributed by atoms with E-state index in [1.54, 1.807) is 12.1 Å². The molecule has 1 fully saturated rings. The second-order valence-electron chi connectivity index (χ2n) is 8.55. The topological polar surface area (TPSA) is 38.8 Å². The minimum atomic E-state index is -0.335. The van der Waals surface area contributed by atoms with Crippen molar-refractivity contribution < 1.29 is 14.3 Å². The highest BCUT2D eigenvalue weighted by molar-refractivity contribution is 6.30. The van der Waals surface area contributed by atoms with Crippen LogP contribution in [0.15, 0.2) is 78.9 Å². The summed E-state index contributed by atoms with van der Waals surface area (Å²) in [5, 5.41) is 0.666. The summed E-state index contributed by atoms with van der Waals surface area (Å²) in [6, 6.07) is 23.9. The number of piperidine rings is 1. The zero-order valence-corrected chi connectivity index (χ0v) is 19.1. The van der Waals surface area contributed by atoms with Gasteiger partial charge in [-0.3, -0.25) is 4.79 Å². The Balaban J connectivity index is 1.15. The SMILES string of the molecule is O=C(CCOc1ccc(Cl)cc1)N1CCC2(C=Cc3cc(-c4ccccc4)ccc3O2)CC1. The van der Waals surface area contributed by atoms with E-state index in [1.165, 1.54) is 11.1 Å². The molecule has 0 atom stereocenters. The number of nitrogens with zero attached hydrogens (tertiary/aromatic N) is 1. The van der Waals surface area contributed by atoms with Crippen molar-refractivity contribution >= 4 is 23.6 Å². The first-order valence-electron chi connectivity index (χ1n) is 11.3. The molecule has 1 amide bonds. The number of ether oxygens (including phenoxy) is 2. The van der Waals surface area contributed by atoms with Crippen molar-refractivity contribution in [1.82, 2.24) is 4.90 Å². The Hall–Kier alpha value is -3.24. The Morgan fingerprint density at radius 2 is 1.73 bits per heavy atom. The summed E-state index contributed by atoms with van der Waals surface area (Å²) in [5.41, 5.74) is 3.14. The molecule has 4 nitrogen and oxygen atoms in total. The molecular formula is C28H26ClNO3. The summed E-state index contributed by atoms with van der Waals surface area (Å²) in [6.07, 6.45) is 6.27. The fourth-order valence-corrected chi connectivity index (χ4v) is 4.55. The number of halogens is 1. The van der Waals surface area contributed by atoms with Crippen LogP contribution in [0.2, 0.25) is 5.02 Å². The van der Waals surface area contributed by atoms with Gasteiger partial charge in [0, 0.05) is 36.5 Å². The molecule has 3 aromatic carbocycles. The lowest BCUT2D eigenvalue weighted by molar-refractivity contribution is -0.134. The predicted molar refractivity (Wildman–Crippen MR) is 132 cm³/mol. The van der Waals surface area contributed by atoms with E-state index >= 15 is 0 Å². The molecule has 33 heavy (non-hydrogen) atoms. The van der Waals surface area contributed by atoms with E-state index in [2.05, 4.69) is 54.6 Å². The number of carbonyl (C=O) groups excluding carboxylic acids is 1. The number of benzene rings is 3. The number of carbonyl (C=O) groups is 1. The van der Waals surface area contributed by atoms with Gasteiger partial charge in [-0.05, 0) is 53.6 Å². The Kier molecular flexibility index (Phi) is 6.10. The van der Waals surface area contributed by atoms with E-state index in [0.29, 0.717) is 31.1 Å². The van der Waals surface area contributed by atoms with Crippen LogP contribution in [0.25, 0.3) is 17.2 Å². The summed E-state index contributed by atoms with van der Waals surface area (Å²) in [6.45, 7) is 1.72. The third-order valence-corrected chi connectivity index (χ3v) is 6.61. The van der Waals surface area contributed by atoms with Crippen LogP contribution in [0.3, 0.4) is 0 Å². The number of amides is 1. The van der Waals surface area contributed by atoms with Crippen molar-refractivity contribution in [3.63, 3.8) is 0 Å². The summed E-state index contributed by atoms with van der Waals surface area (Å²) in [5.74, 6) is 1.75. The van der Waals surface area contributed by atoms with Gasteiger partial charge >= 0.3 is 0 Å². The van der Waals surface area contributed by atoms with Gasteiger partial charge in [0.15, 0.2) is 0 Å². The first kappa shape index (κ1) is 21.6. The Morgan fingerprint density at radius 1 is 0.970 bits per heavy atom. The van der Waals surface area contributed by atoms with E-state index in [1.807, 2.05) is 23.1 Å². The van der Waals surface area contributed by atoms with Crippen molar-refractivity contribution in [2.75, 3.05) is 19.7 Å². The molecule has 0 N–H and O–H groups in total. The third kappa shape index (κ3) is 4.91. The third-order valence-electron chi connectivity index (χ3n) is 6.36. The van der Waals surface area contributed by atoms with Crippen LogP contribution in [-0.2, 0) is 4.79 Å². The monoisotopic (exact) mass is 459 g/mol. The van der Waals surface area contributed by atoms with Gasteiger partial charge in [-0.2, -0.15) is 0 Å². The van der Waals surface area contributed by atoms with Gasteiger partial charge in [0.1, 0.15) is 17.1 Å². The zero-order chi connectivity index (χ0) is 22.7. The molecular weight excluding hydrogens is 434 g/mol. The first-order chi connectivity index (χ1) is 16.1. The number of hydrogen-bond donors (Lipinski definition) is 0. The summed E-state index contributed by atoms with van der Waals surface area (Å²) in [7, 11) is 0. The van der Waals surface area contributed by atoms with Crippen LogP contribution >= 0.6 is 11.6 Å². The maximum atomic E-state index is 12.7. The van der Waals surface area contributed by atoms with Gasteiger partial charge < -0.3 is 14.4 Å². The average molecular weight is 460 g/mol. The largest absolute Gasteiger partial charge is 0.493 e. The van der Waals surface area contributed by atoms with Crippen LogP contribution in [0.5, 0.6) is 11.5 Å². The molecule has 5 rings (SSSR count). The minimum absolute atomic E-state index is 0.117. The molecule has 3 aromatic rings. The number of fused-ring (bicyclic) bond motifs is 1. The summed E-state index contributed by atoms with van der Waals surface area (Å²) in [4.78, 5) is 14.6. The molecule has 2 aliphatic heterocycles. The highest BCUT2D eigenvalue weighted by atomic mass is 35.5. The molecule has 0 saturated carbocycles. The van der Waals surface area contributed by atoms with E-state index in [4.69, 9.17) is 21.1 Å². The van der Waals surface area contributed by atoms with Crippen molar-refractivity contribution in [3.05, 3.63) is 89.5 Å². The fraction of sp³-hybridized carbons (Fsp3) is 0.250. The maximum absolute atomic E-state index is 12.7. The highest BCUT2D eigenvalue weighted by Gasteiger charge is 2.37. The predicted octanol–water partition coefficient (Wildman–Crippen LogP) is 6.24. The van der Waals surface area contributed by atoms with Gasteiger partial charge in [-0.25, -0.2) is 0 Å². The fourth-order valence-electron chi connectivity index (χ4n) is 4.42. The van der Waals surface area contributed by atoms with Gasteiger partial charge in [-0.15, -0.1) is 0 Å². The standard InChI is InChI=1S/C28H26ClNO3/c29-24-7-9-25(10-8-24)32-19-13-27(31)30-17-15-28(16-18-30)14-12-23-20-22(6-11-26(23)33-28)21-4-2-1-3-5-21/h1-12,14,20H,13,15-19H2. The van der Waals surface area contributed by atoms with Gasteiger partial charge in [0.2, 0.25) is 5.91 Å². The van der Waals surface area contributed by atoms with Crippen molar-refractivity contribution in [2.24, 2.45) is 0 Å². The molecule has 2 heterocycles. The van der Waals surface area contributed by atoms with Crippen molar-refractivity contribution in [1.29, 1.82) is 0 Å². The lowest BCUT2D eigenvalue weighted by Crippen LogP contribution is -2.49. The Morgan fingerprint density at radius 3 is 2.48 bits per heavy atom. The van der Waals surface area contributed by atoms with Crippen LogP contribution in [0, 0.1) is 0 Å². The molecule has 0 radical (unpaired) electrons. The molecule has 2 aliphatic rings. The Labute approximate surface area is 199 Å². The molecule has 0 aliphatic carbocycles. The normalized spacial score (nSPS) is 16.2. The molecule has 1 saturated heterocycles. The van der Waals surface area contributed by atoms with E-state index < -0.39 is 0 Å². The quantitative estimate of drug-likeness (QED) is 0.453. The minimum Gasteiger partial charge on any atom is -0.493 e. The van der Waals surface area contributed by atoms with Crippen molar-refractivity contribution in [3.8, 4) is 22.6 Å². The molecule has 5 heteroatoms. The molecule has 168 valence electrons. The lowest BCUT2D eigenvalue weighted by atomic mass is 9.87. The van der Waals surface area contributed by atoms with Crippen LogP contribution in [0.4, 0.5) is 0 Å². The average Bonchev–Trinajstić information content (AvgIpc) is 2.86. The Bertz CT molecular complexity index is 1150. The zero-order valence-electron chi connectivity index (χ0n) is 18.4. The van der Waals surface area contributed by atoms with E-state index in [0.717, 1.165) is 29.9 Å². The van der Waals surface area contributed by atoms with Crippen LogP contribution in [-0.4, -0.2) is 36.1 Å². The maximum Gasteiger partial charge on any atom is 0.226 e. The molecule has 0 aromatic heterocycles. The molecule has 0 unspecified atom stereocenters. The second-order valence-corrected chi connectivity index (χ2v) is 8.99. The van der Waals surface area contributed by atoms with Gasteiger partial charge in [0.25, 0.3) is 0 Å². The van der Waals surface area contributed by atoms with E-state index in [-0.39, 0.29) is 11.5 Å². The summed E-state index contributed by atoms with van der Waals surface area (Å²) >= 11 is 5.89. The second kappa shape index (κ2) is 9.32. The smallest absolute Gasteiger partial charge is 0.226 e. The highest BCUT2D eigenvalue weighted by Crippen LogP contribution is 2.38. The van der Waals surface area contributed by atoms with Crippen LogP contribution in [0.1, 0.15) is 24.8 Å². The number of hydrogen-bond acceptors (Lipinski definition) is 3. The summed E-state index contributed by atoms with van der Waals surface area (Å²) < 4.78 is 12.1. The number of rotatable bonds is 5. The lowest BCUT2D eigenvalue weighted by Gasteiger charge is -2.42. The number of likely N-dealkylation sites (tertiary alicyclic amines) is 1.